The molecule has 1 aliphatic carbocycles. The molecule has 0 radical (unpaired) electrons. The Kier molecular flexibility index (Phi) is 5.95. The van der Waals surface area contributed by atoms with Gasteiger partial charge in [0.2, 0.25) is 5.91 Å². The van der Waals surface area contributed by atoms with Crippen LogP contribution >= 0.6 is 0 Å². The van der Waals surface area contributed by atoms with Gasteiger partial charge in [-0.2, -0.15) is 5.10 Å². The van der Waals surface area contributed by atoms with E-state index in [0.717, 1.165) is 36.9 Å². The van der Waals surface area contributed by atoms with Crippen LogP contribution in [0.1, 0.15) is 55.5 Å². The van der Waals surface area contributed by atoms with Crippen LogP contribution in [0, 0.1) is 0 Å². The van der Waals surface area contributed by atoms with E-state index in [0.29, 0.717) is 19.4 Å². The molecule has 28 heavy (non-hydrogen) atoms. The van der Waals surface area contributed by atoms with Crippen molar-refractivity contribution in [1.29, 1.82) is 0 Å². The van der Waals surface area contributed by atoms with E-state index in [1.165, 1.54) is 37.8 Å². The minimum atomic E-state index is 0.0304. The molecule has 0 unspecified atom stereocenters. The van der Waals surface area contributed by atoms with Crippen molar-refractivity contribution in [1.82, 2.24) is 20.0 Å². The van der Waals surface area contributed by atoms with Crippen LogP contribution in [0.25, 0.3) is 0 Å². The van der Waals surface area contributed by atoms with Crippen LogP contribution in [0.2, 0.25) is 0 Å². The minimum Gasteiger partial charge on any atom is -0.508 e. The Morgan fingerprint density at radius 2 is 1.93 bits per heavy atom. The highest BCUT2D eigenvalue weighted by molar-refractivity contribution is 5.76. The van der Waals surface area contributed by atoms with E-state index in [9.17, 15) is 9.90 Å². The molecule has 1 aromatic carbocycles. The normalized spacial score (nSPS) is 18.0. The number of phenols is 1. The number of aromatic nitrogens is 2. The van der Waals surface area contributed by atoms with Gasteiger partial charge in [0.05, 0.1) is 24.5 Å². The third-order valence-electron chi connectivity index (χ3n) is 6.01. The first-order valence-corrected chi connectivity index (χ1v) is 10.5. The fourth-order valence-electron chi connectivity index (χ4n) is 4.39. The number of benzene rings is 1. The second-order valence-electron chi connectivity index (χ2n) is 8.06. The quantitative estimate of drug-likeness (QED) is 0.806. The lowest BCUT2D eigenvalue weighted by Gasteiger charge is -2.36. The molecule has 1 aliphatic heterocycles. The first kappa shape index (κ1) is 19.0. The predicted molar refractivity (Wildman–Crippen MR) is 108 cm³/mol. The van der Waals surface area contributed by atoms with Gasteiger partial charge in [-0.05, 0) is 43.0 Å². The molecule has 2 aliphatic rings. The lowest BCUT2D eigenvalue weighted by molar-refractivity contribution is -0.121. The number of aromatic hydroxyl groups is 1. The molecule has 0 atom stereocenters. The smallest absolute Gasteiger partial charge is 0.220 e. The fourth-order valence-corrected chi connectivity index (χ4v) is 4.39. The zero-order valence-electron chi connectivity index (χ0n) is 16.4. The second-order valence-corrected chi connectivity index (χ2v) is 8.06. The van der Waals surface area contributed by atoms with E-state index in [1.807, 2.05) is 12.1 Å². The molecule has 6 heteroatoms. The fraction of sp³-hybridized carbons (Fsp3) is 0.545. The highest BCUT2D eigenvalue weighted by Gasteiger charge is 2.25. The van der Waals surface area contributed by atoms with Gasteiger partial charge in [-0.15, -0.1) is 0 Å². The Balaban J connectivity index is 1.25. The average molecular weight is 383 g/mol. The summed E-state index contributed by atoms with van der Waals surface area (Å²) in [7, 11) is 0. The number of hydrogen-bond donors (Lipinski definition) is 2. The lowest BCUT2D eigenvalue weighted by atomic mass is 9.94. The number of nitrogens with one attached hydrogen (secondary N) is 1. The van der Waals surface area contributed by atoms with E-state index >= 15 is 0 Å². The first-order chi connectivity index (χ1) is 13.7. The number of fused-ring (bicyclic) bond motifs is 1. The molecule has 6 nitrogen and oxygen atoms in total. The summed E-state index contributed by atoms with van der Waals surface area (Å²) in [5, 5.41) is 17.0. The van der Waals surface area contributed by atoms with Crippen molar-refractivity contribution in [3.63, 3.8) is 0 Å². The molecule has 0 spiro atoms. The predicted octanol–water partition coefficient (Wildman–Crippen LogP) is 2.99. The van der Waals surface area contributed by atoms with Crippen molar-refractivity contribution >= 4 is 5.91 Å². The summed E-state index contributed by atoms with van der Waals surface area (Å²) < 4.78 is 2.11. The molecular formula is C22H30N4O2. The largest absolute Gasteiger partial charge is 0.508 e. The summed E-state index contributed by atoms with van der Waals surface area (Å²) >= 11 is 0. The lowest BCUT2D eigenvalue weighted by Crippen LogP contribution is -2.42. The highest BCUT2D eigenvalue weighted by atomic mass is 16.3. The molecular weight excluding hydrogens is 352 g/mol. The van der Waals surface area contributed by atoms with Gasteiger partial charge in [0.1, 0.15) is 5.75 Å². The second kappa shape index (κ2) is 8.78. The highest BCUT2D eigenvalue weighted by Crippen LogP contribution is 2.26. The molecule has 1 amide bonds. The van der Waals surface area contributed by atoms with Crippen LogP contribution in [-0.2, 0) is 30.8 Å². The van der Waals surface area contributed by atoms with Gasteiger partial charge < -0.3 is 10.4 Å². The molecule has 0 bridgehead atoms. The zero-order valence-corrected chi connectivity index (χ0v) is 16.4. The number of nitrogens with zero attached hydrogens (tertiary/aromatic N) is 3. The number of aryl methyl sites for hydroxylation is 1. The van der Waals surface area contributed by atoms with Gasteiger partial charge >= 0.3 is 0 Å². The van der Waals surface area contributed by atoms with Crippen molar-refractivity contribution in [2.45, 2.75) is 70.6 Å². The average Bonchev–Trinajstić information content (AvgIpc) is 3.14. The third-order valence-corrected chi connectivity index (χ3v) is 6.01. The number of phenolic OH excluding ortho intramolecular Hbond substituents is 1. The molecule has 1 fully saturated rings. The number of hydrogen-bond acceptors (Lipinski definition) is 4. The number of rotatable bonds is 6. The third kappa shape index (κ3) is 4.73. The van der Waals surface area contributed by atoms with Crippen LogP contribution in [0.3, 0.4) is 0 Å². The first-order valence-electron chi connectivity index (χ1n) is 10.5. The van der Waals surface area contributed by atoms with Crippen molar-refractivity contribution in [3.8, 4) is 5.75 Å². The van der Waals surface area contributed by atoms with E-state index in [1.54, 1.807) is 12.1 Å². The van der Waals surface area contributed by atoms with Crippen LogP contribution in [0.15, 0.2) is 30.3 Å². The summed E-state index contributed by atoms with van der Waals surface area (Å²) in [6.45, 7) is 3.49. The molecule has 2 heterocycles. The number of carbonyl (C=O) groups is 1. The van der Waals surface area contributed by atoms with E-state index in [4.69, 9.17) is 0 Å². The SMILES string of the molecule is O=C(CCc1ccc(O)cc1)NCc1cc2n(n1)CCN(C1CCCCC1)C2. The van der Waals surface area contributed by atoms with E-state index in [-0.39, 0.29) is 11.7 Å². The van der Waals surface area contributed by atoms with Gasteiger partial charge in [0.25, 0.3) is 0 Å². The Hall–Kier alpha value is -2.34. The van der Waals surface area contributed by atoms with Crippen molar-refractivity contribution in [2.24, 2.45) is 0 Å². The van der Waals surface area contributed by atoms with E-state index < -0.39 is 0 Å². The Morgan fingerprint density at radius 3 is 2.71 bits per heavy atom. The summed E-state index contributed by atoms with van der Waals surface area (Å²) in [6.07, 6.45) is 7.88. The Labute approximate surface area is 166 Å². The van der Waals surface area contributed by atoms with Crippen molar-refractivity contribution < 1.29 is 9.90 Å². The number of carbonyl (C=O) groups excluding carboxylic acids is 1. The van der Waals surface area contributed by atoms with Crippen LogP contribution in [0.4, 0.5) is 0 Å². The number of amides is 1. The minimum absolute atomic E-state index is 0.0304. The summed E-state index contributed by atoms with van der Waals surface area (Å²) in [6, 6.07) is 9.89. The maximum absolute atomic E-state index is 12.2. The van der Waals surface area contributed by atoms with E-state index in [2.05, 4.69) is 26.1 Å². The Morgan fingerprint density at radius 1 is 1.14 bits per heavy atom. The van der Waals surface area contributed by atoms with Gasteiger partial charge in [0, 0.05) is 25.6 Å². The zero-order chi connectivity index (χ0) is 19.3. The molecule has 150 valence electrons. The maximum Gasteiger partial charge on any atom is 0.220 e. The van der Waals surface area contributed by atoms with Crippen molar-refractivity contribution in [2.75, 3.05) is 6.54 Å². The van der Waals surface area contributed by atoms with Gasteiger partial charge in [-0.25, -0.2) is 0 Å². The van der Waals surface area contributed by atoms with Gasteiger partial charge in [-0.3, -0.25) is 14.4 Å². The van der Waals surface area contributed by atoms with Crippen LogP contribution < -0.4 is 5.32 Å². The maximum atomic E-state index is 12.2. The standard InChI is InChI=1S/C22H30N4O2/c27-21-9-6-17(7-10-21)8-11-22(28)23-15-18-14-20-16-25(12-13-26(20)24-18)19-4-2-1-3-5-19/h6-7,9-10,14,19,27H,1-5,8,11-13,15-16H2,(H,23,28). The van der Waals surface area contributed by atoms with Crippen LogP contribution in [-0.4, -0.2) is 38.3 Å². The monoisotopic (exact) mass is 382 g/mol. The van der Waals surface area contributed by atoms with Gasteiger partial charge in [-0.1, -0.05) is 31.4 Å². The molecule has 1 saturated carbocycles. The summed E-state index contributed by atoms with van der Waals surface area (Å²) in [5.74, 6) is 0.280. The molecule has 2 aromatic rings. The molecule has 1 aromatic heterocycles. The molecule has 2 N–H and O–H groups in total. The summed E-state index contributed by atoms with van der Waals surface area (Å²) in [5.41, 5.74) is 3.26. The van der Waals surface area contributed by atoms with Gasteiger partial charge in [0.15, 0.2) is 0 Å². The molecule has 4 rings (SSSR count). The Bertz CT molecular complexity index is 793. The summed E-state index contributed by atoms with van der Waals surface area (Å²) in [4.78, 5) is 14.8. The molecule has 0 saturated heterocycles. The van der Waals surface area contributed by atoms with Crippen molar-refractivity contribution in [3.05, 3.63) is 47.3 Å². The topological polar surface area (TPSA) is 70.4 Å². The van der Waals surface area contributed by atoms with Crippen LogP contribution in [0.5, 0.6) is 5.75 Å².